The lowest BCUT2D eigenvalue weighted by Crippen LogP contribution is -2.23. The number of thiophene rings is 1. The molecule has 1 aliphatic rings. The summed E-state index contributed by atoms with van der Waals surface area (Å²) in [7, 11) is 1.62. The molecule has 1 aliphatic carbocycles. The minimum absolute atomic E-state index is 0.162. The summed E-state index contributed by atoms with van der Waals surface area (Å²) in [5.74, 6) is 1.19. The first kappa shape index (κ1) is 24.0. The Kier molecular flexibility index (Phi) is 7.70. The fourth-order valence-corrected chi connectivity index (χ4v) is 6.17. The zero-order valence-electron chi connectivity index (χ0n) is 19.3. The monoisotopic (exact) mass is 493 g/mol. The van der Waals surface area contributed by atoms with Crippen LogP contribution >= 0.6 is 23.1 Å². The summed E-state index contributed by atoms with van der Waals surface area (Å²) in [5, 5.41) is 22.3. The van der Waals surface area contributed by atoms with Gasteiger partial charge in [-0.25, -0.2) is 0 Å². The number of benzene rings is 1. The van der Waals surface area contributed by atoms with Gasteiger partial charge in [0, 0.05) is 11.4 Å². The number of rotatable bonds is 8. The molecule has 1 N–H and O–H groups in total. The number of hydrogen-bond acceptors (Lipinski definition) is 7. The summed E-state index contributed by atoms with van der Waals surface area (Å²) in [6, 6.07) is 9.95. The fraction of sp³-hybridized carbons (Fsp3) is 0.360. The Morgan fingerprint density at radius 2 is 2.15 bits per heavy atom. The van der Waals surface area contributed by atoms with Gasteiger partial charge in [-0.1, -0.05) is 36.4 Å². The van der Waals surface area contributed by atoms with Gasteiger partial charge >= 0.3 is 0 Å². The number of ether oxygens (including phenoxy) is 1. The van der Waals surface area contributed by atoms with Crippen molar-refractivity contribution < 1.29 is 9.53 Å². The van der Waals surface area contributed by atoms with Crippen LogP contribution in [0, 0.1) is 11.3 Å². The highest BCUT2D eigenvalue weighted by Gasteiger charge is 2.25. The molecule has 0 spiro atoms. The lowest BCUT2D eigenvalue weighted by Gasteiger charge is -2.13. The maximum Gasteiger partial charge on any atom is 0.238 e. The van der Waals surface area contributed by atoms with E-state index in [9.17, 15) is 10.1 Å². The van der Waals surface area contributed by atoms with Gasteiger partial charge in [-0.05, 0) is 50.3 Å². The van der Waals surface area contributed by atoms with E-state index in [0.717, 1.165) is 36.8 Å². The first-order chi connectivity index (χ1) is 16.6. The van der Waals surface area contributed by atoms with Crippen LogP contribution in [0.4, 0.5) is 5.00 Å². The van der Waals surface area contributed by atoms with Gasteiger partial charge in [0.25, 0.3) is 0 Å². The number of fused-ring (bicyclic) bond motifs is 1. The summed E-state index contributed by atoms with van der Waals surface area (Å²) in [6.45, 7) is 6.18. The number of nitrogens with one attached hydrogen (secondary N) is 1. The number of carbonyl (C=O) groups excluding carboxylic acids is 1. The van der Waals surface area contributed by atoms with Gasteiger partial charge in [0.05, 0.1) is 23.5 Å². The number of nitriles is 1. The number of thioether (sulfide) groups is 1. The number of allylic oxidation sites excluding steroid dienone is 1. The minimum atomic E-state index is -0.438. The molecule has 2 aromatic heterocycles. The number of amides is 1. The first-order valence-electron chi connectivity index (χ1n) is 11.3. The summed E-state index contributed by atoms with van der Waals surface area (Å²) in [5.41, 5.74) is 2.57. The van der Waals surface area contributed by atoms with Crippen LogP contribution in [-0.4, -0.2) is 33.0 Å². The molecule has 0 aliphatic heterocycles. The second kappa shape index (κ2) is 10.9. The van der Waals surface area contributed by atoms with E-state index in [1.165, 1.54) is 23.1 Å². The highest BCUT2D eigenvalue weighted by Crippen LogP contribution is 2.38. The molecule has 9 heteroatoms. The zero-order chi connectivity index (χ0) is 24.1. The van der Waals surface area contributed by atoms with Crippen LogP contribution in [0.5, 0.6) is 5.75 Å². The Hall–Kier alpha value is -3.09. The van der Waals surface area contributed by atoms with E-state index in [1.54, 1.807) is 24.5 Å². The van der Waals surface area contributed by atoms with Crippen LogP contribution in [0.25, 0.3) is 11.4 Å². The summed E-state index contributed by atoms with van der Waals surface area (Å²) in [6.07, 6.45) is 7.06. The third kappa shape index (κ3) is 4.88. The molecule has 1 atom stereocenters. The lowest BCUT2D eigenvalue weighted by molar-refractivity contribution is -0.115. The van der Waals surface area contributed by atoms with Gasteiger partial charge < -0.3 is 10.1 Å². The number of carbonyl (C=O) groups is 1. The zero-order valence-corrected chi connectivity index (χ0v) is 21.0. The molecule has 0 unspecified atom stereocenters. The number of aromatic nitrogens is 3. The second-order valence-electron chi connectivity index (χ2n) is 8.04. The van der Waals surface area contributed by atoms with E-state index < -0.39 is 5.25 Å². The van der Waals surface area contributed by atoms with E-state index >= 15 is 0 Å². The van der Waals surface area contributed by atoms with E-state index in [0.29, 0.717) is 33.8 Å². The maximum absolute atomic E-state index is 13.1. The fourth-order valence-electron chi connectivity index (χ4n) is 4.07. The third-order valence-corrected chi connectivity index (χ3v) is 8.09. The first-order valence-corrected chi connectivity index (χ1v) is 13.0. The number of hydrogen-bond donors (Lipinski definition) is 1. The molecule has 3 aromatic rings. The van der Waals surface area contributed by atoms with E-state index in [-0.39, 0.29) is 5.91 Å². The largest absolute Gasteiger partial charge is 0.496 e. The van der Waals surface area contributed by atoms with Gasteiger partial charge in [-0.3, -0.25) is 9.36 Å². The van der Waals surface area contributed by atoms with E-state index in [1.807, 2.05) is 35.8 Å². The van der Waals surface area contributed by atoms with Crippen molar-refractivity contribution in [1.82, 2.24) is 14.8 Å². The normalized spacial score (nSPS) is 13.9. The van der Waals surface area contributed by atoms with E-state index in [2.05, 4.69) is 28.2 Å². The topological polar surface area (TPSA) is 92.8 Å². The molecule has 0 fully saturated rings. The molecule has 7 nitrogen and oxygen atoms in total. The number of nitrogens with zero attached hydrogens (tertiary/aromatic N) is 4. The Morgan fingerprint density at radius 1 is 1.35 bits per heavy atom. The third-order valence-electron chi connectivity index (χ3n) is 5.80. The van der Waals surface area contributed by atoms with Crippen molar-refractivity contribution in [1.29, 1.82) is 5.26 Å². The number of methoxy groups -OCH3 is 1. The quantitative estimate of drug-likeness (QED) is 0.254. The Balaban J connectivity index is 1.55. The Bertz CT molecular complexity index is 1240. The molecule has 0 saturated carbocycles. The van der Waals surface area contributed by atoms with Crippen LogP contribution < -0.4 is 10.1 Å². The molecule has 1 aromatic carbocycles. The molecule has 0 bridgehead atoms. The highest BCUT2D eigenvalue weighted by molar-refractivity contribution is 8.00. The number of anilines is 1. The number of aryl methyl sites for hydroxylation is 1. The predicted molar refractivity (Wildman–Crippen MR) is 136 cm³/mol. The van der Waals surface area contributed by atoms with E-state index in [4.69, 9.17) is 4.74 Å². The van der Waals surface area contributed by atoms with Gasteiger partial charge in [0.1, 0.15) is 16.8 Å². The van der Waals surface area contributed by atoms with Crippen LogP contribution in [0.1, 0.15) is 42.2 Å². The van der Waals surface area contributed by atoms with Crippen molar-refractivity contribution in [2.75, 3.05) is 12.4 Å². The molecule has 176 valence electrons. The average molecular weight is 494 g/mol. The SMILES string of the molecule is C=CCn1c(S[C@@H](C)C(=O)Nc2sc3c(c2C#N)CCCCC3)nnc1-c1ccccc1OC. The Labute approximate surface area is 207 Å². The average Bonchev–Trinajstić information content (AvgIpc) is 3.30. The molecule has 34 heavy (non-hydrogen) atoms. The van der Waals surface area contributed by atoms with Gasteiger partial charge in [0.15, 0.2) is 11.0 Å². The van der Waals surface area contributed by atoms with Gasteiger partial charge in [0.2, 0.25) is 5.91 Å². The lowest BCUT2D eigenvalue weighted by atomic mass is 10.1. The van der Waals surface area contributed by atoms with Crippen LogP contribution in [0.3, 0.4) is 0 Å². The van der Waals surface area contributed by atoms with Gasteiger partial charge in [-0.15, -0.1) is 28.1 Å². The molecule has 0 saturated heterocycles. The Morgan fingerprint density at radius 3 is 2.91 bits per heavy atom. The molecule has 2 heterocycles. The predicted octanol–water partition coefficient (Wildman–Crippen LogP) is 5.46. The molecule has 4 rings (SSSR count). The van der Waals surface area contributed by atoms with Crippen molar-refractivity contribution in [3.63, 3.8) is 0 Å². The highest BCUT2D eigenvalue weighted by atomic mass is 32.2. The standard InChI is InChI=1S/C25H27N5O2S2/c1-4-14-30-22(18-11-8-9-12-20(18)32-3)28-29-25(30)33-16(2)23(31)27-24-19(15-26)17-10-6-5-7-13-21(17)34-24/h4,8-9,11-12,16H,1,5-7,10,13-14H2,2-3H3,(H,27,31)/t16-/m0/s1. The molecular weight excluding hydrogens is 466 g/mol. The molecular formula is C25H27N5O2S2. The summed E-state index contributed by atoms with van der Waals surface area (Å²) >= 11 is 2.87. The van der Waals surface area contributed by atoms with Crippen molar-refractivity contribution in [2.45, 2.75) is 56.0 Å². The summed E-state index contributed by atoms with van der Waals surface area (Å²) < 4.78 is 7.41. The van der Waals surface area contributed by atoms with Crippen LogP contribution in [0.2, 0.25) is 0 Å². The number of para-hydroxylation sites is 1. The maximum atomic E-state index is 13.1. The van der Waals surface area contributed by atoms with Crippen molar-refractivity contribution in [2.24, 2.45) is 0 Å². The van der Waals surface area contributed by atoms with Crippen LogP contribution in [0.15, 0.2) is 42.1 Å². The second-order valence-corrected chi connectivity index (χ2v) is 10.4. The minimum Gasteiger partial charge on any atom is -0.496 e. The molecule has 1 amide bonds. The summed E-state index contributed by atoms with van der Waals surface area (Å²) in [4.78, 5) is 14.3. The van der Waals surface area contributed by atoms with Crippen molar-refractivity contribution in [3.05, 3.63) is 52.9 Å². The van der Waals surface area contributed by atoms with Crippen LogP contribution in [-0.2, 0) is 24.2 Å². The van der Waals surface area contributed by atoms with Gasteiger partial charge in [-0.2, -0.15) is 5.26 Å². The smallest absolute Gasteiger partial charge is 0.238 e. The van der Waals surface area contributed by atoms with Crippen molar-refractivity contribution in [3.8, 4) is 23.2 Å². The van der Waals surface area contributed by atoms with Crippen molar-refractivity contribution >= 4 is 34.0 Å². The molecule has 0 radical (unpaired) electrons.